The van der Waals surface area contributed by atoms with Crippen LogP contribution < -0.4 is 5.69 Å². The Balaban J connectivity index is 1.70. The minimum absolute atomic E-state index is 0.0927. The maximum atomic E-state index is 11.9. The van der Waals surface area contributed by atoms with E-state index in [4.69, 9.17) is 4.98 Å². The highest BCUT2D eigenvalue weighted by Gasteiger charge is 2.33. The average molecular weight is 363 g/mol. The third-order valence-corrected chi connectivity index (χ3v) is 6.84. The van der Waals surface area contributed by atoms with E-state index in [0.29, 0.717) is 18.2 Å². The number of hydrogen-bond acceptors (Lipinski definition) is 6. The topological polar surface area (TPSA) is 99.7 Å². The van der Waals surface area contributed by atoms with Gasteiger partial charge in [-0.1, -0.05) is 12.8 Å². The Hall–Kier alpha value is -2.03. The summed E-state index contributed by atoms with van der Waals surface area (Å²) in [6, 6.07) is 1.50. The largest absolute Gasteiger partial charge is 0.347 e. The summed E-state index contributed by atoms with van der Waals surface area (Å²) in [6.45, 7) is 0.253. The van der Waals surface area contributed by atoms with Gasteiger partial charge in [-0.3, -0.25) is 4.57 Å². The molecule has 1 aliphatic heterocycles. The third kappa shape index (κ3) is 3.37. The van der Waals surface area contributed by atoms with Crippen molar-refractivity contribution in [1.29, 1.82) is 0 Å². The molecule has 3 heterocycles. The summed E-state index contributed by atoms with van der Waals surface area (Å²) < 4.78 is 27.0. The van der Waals surface area contributed by atoms with Gasteiger partial charge in [-0.05, 0) is 25.3 Å². The first kappa shape index (κ1) is 16.4. The van der Waals surface area contributed by atoms with Gasteiger partial charge in [0, 0.05) is 18.3 Å². The zero-order valence-corrected chi connectivity index (χ0v) is 14.7. The van der Waals surface area contributed by atoms with E-state index in [2.05, 4.69) is 10.1 Å². The SMILES string of the molecule is O=c1ncccn1Cc1nc(C2CCCC2)nn1C1CCS(=O)(=O)C1. The van der Waals surface area contributed by atoms with Crippen LogP contribution in [0.4, 0.5) is 0 Å². The van der Waals surface area contributed by atoms with Crippen LogP contribution in [0.25, 0.3) is 0 Å². The molecule has 0 bridgehead atoms. The second-order valence-corrected chi connectivity index (χ2v) is 9.13. The molecular formula is C16H21N5O3S. The van der Waals surface area contributed by atoms with E-state index < -0.39 is 9.84 Å². The number of rotatable bonds is 4. The maximum Gasteiger partial charge on any atom is 0.347 e. The Labute approximate surface area is 145 Å². The first-order valence-corrected chi connectivity index (χ1v) is 10.5. The lowest BCUT2D eigenvalue weighted by Gasteiger charge is -2.12. The third-order valence-electron chi connectivity index (χ3n) is 5.09. The second kappa shape index (κ2) is 6.36. The van der Waals surface area contributed by atoms with Crippen LogP contribution in [-0.2, 0) is 16.4 Å². The van der Waals surface area contributed by atoms with Crippen LogP contribution in [0.3, 0.4) is 0 Å². The summed E-state index contributed by atoms with van der Waals surface area (Å²) in [5, 5.41) is 4.67. The van der Waals surface area contributed by atoms with Gasteiger partial charge in [0.2, 0.25) is 0 Å². The summed E-state index contributed by atoms with van der Waals surface area (Å²) in [7, 11) is -3.02. The van der Waals surface area contributed by atoms with Crippen molar-refractivity contribution >= 4 is 9.84 Å². The first-order valence-electron chi connectivity index (χ1n) is 8.69. The highest BCUT2D eigenvalue weighted by Crippen LogP contribution is 2.33. The van der Waals surface area contributed by atoms with Gasteiger partial charge in [0.25, 0.3) is 0 Å². The first-order chi connectivity index (χ1) is 12.0. The zero-order valence-electron chi connectivity index (χ0n) is 13.9. The monoisotopic (exact) mass is 363 g/mol. The molecule has 0 aromatic carbocycles. The molecule has 1 aliphatic carbocycles. The molecule has 2 fully saturated rings. The number of sulfone groups is 1. The highest BCUT2D eigenvalue weighted by atomic mass is 32.2. The lowest BCUT2D eigenvalue weighted by molar-refractivity contribution is 0.462. The molecule has 0 amide bonds. The minimum Gasteiger partial charge on any atom is -0.292 e. The molecule has 1 saturated heterocycles. The van der Waals surface area contributed by atoms with E-state index in [1.165, 1.54) is 23.6 Å². The quantitative estimate of drug-likeness (QED) is 0.800. The van der Waals surface area contributed by atoms with E-state index in [-0.39, 0.29) is 29.8 Å². The summed E-state index contributed by atoms with van der Waals surface area (Å²) >= 11 is 0. The van der Waals surface area contributed by atoms with Gasteiger partial charge in [0.05, 0.1) is 24.1 Å². The fourth-order valence-corrected chi connectivity index (χ4v) is 5.45. The van der Waals surface area contributed by atoms with Gasteiger partial charge in [0.1, 0.15) is 5.82 Å². The molecule has 1 unspecified atom stereocenters. The van der Waals surface area contributed by atoms with E-state index in [9.17, 15) is 13.2 Å². The van der Waals surface area contributed by atoms with Crippen LogP contribution in [0.5, 0.6) is 0 Å². The smallest absolute Gasteiger partial charge is 0.292 e. The van der Waals surface area contributed by atoms with Crippen LogP contribution in [0.15, 0.2) is 23.3 Å². The summed E-state index contributed by atoms with van der Waals surface area (Å²) in [5.74, 6) is 2.04. The molecule has 0 spiro atoms. The fraction of sp³-hybridized carbons (Fsp3) is 0.625. The van der Waals surface area contributed by atoms with Gasteiger partial charge in [-0.15, -0.1) is 0 Å². The summed E-state index contributed by atoms with van der Waals surface area (Å²) in [5.41, 5.74) is -0.349. The molecule has 0 N–H and O–H groups in total. The molecule has 134 valence electrons. The minimum atomic E-state index is -3.02. The van der Waals surface area contributed by atoms with E-state index >= 15 is 0 Å². The normalized spacial score (nSPS) is 23.3. The second-order valence-electron chi connectivity index (χ2n) is 6.90. The molecule has 2 aromatic heterocycles. The molecule has 1 atom stereocenters. The average Bonchev–Trinajstić information content (AvgIpc) is 3.28. The van der Waals surface area contributed by atoms with Crippen LogP contribution in [0.1, 0.15) is 55.7 Å². The Morgan fingerprint density at radius 3 is 2.68 bits per heavy atom. The van der Waals surface area contributed by atoms with Gasteiger partial charge in [-0.2, -0.15) is 5.10 Å². The van der Waals surface area contributed by atoms with Crippen molar-refractivity contribution in [2.45, 2.75) is 50.6 Å². The molecule has 8 nitrogen and oxygen atoms in total. The van der Waals surface area contributed by atoms with Crippen molar-refractivity contribution < 1.29 is 8.42 Å². The number of hydrogen-bond donors (Lipinski definition) is 0. The predicted molar refractivity (Wildman–Crippen MR) is 91.1 cm³/mol. The van der Waals surface area contributed by atoms with Crippen molar-refractivity contribution in [1.82, 2.24) is 24.3 Å². The molecular weight excluding hydrogens is 342 g/mol. The van der Waals surface area contributed by atoms with Gasteiger partial charge in [-0.25, -0.2) is 27.9 Å². The Morgan fingerprint density at radius 1 is 1.20 bits per heavy atom. The van der Waals surface area contributed by atoms with Gasteiger partial charge < -0.3 is 0 Å². The van der Waals surface area contributed by atoms with Gasteiger partial charge in [0.15, 0.2) is 15.7 Å². The van der Waals surface area contributed by atoms with E-state index in [0.717, 1.165) is 18.7 Å². The number of nitrogens with zero attached hydrogens (tertiary/aromatic N) is 5. The van der Waals surface area contributed by atoms with Crippen LogP contribution in [0, 0.1) is 0 Å². The lowest BCUT2D eigenvalue weighted by Crippen LogP contribution is -2.25. The summed E-state index contributed by atoms with van der Waals surface area (Å²) in [6.07, 6.45) is 8.15. The van der Waals surface area contributed by atoms with Crippen molar-refractivity contribution in [3.8, 4) is 0 Å². The van der Waals surface area contributed by atoms with Crippen LogP contribution in [0.2, 0.25) is 0 Å². The maximum absolute atomic E-state index is 11.9. The van der Waals surface area contributed by atoms with Gasteiger partial charge >= 0.3 is 5.69 Å². The lowest BCUT2D eigenvalue weighted by atomic mass is 10.1. The Morgan fingerprint density at radius 2 is 2.00 bits per heavy atom. The molecule has 2 aromatic rings. The van der Waals surface area contributed by atoms with Crippen molar-refractivity contribution in [2.24, 2.45) is 0 Å². The Kier molecular flexibility index (Phi) is 4.18. The molecule has 9 heteroatoms. The molecule has 2 aliphatic rings. The molecule has 1 saturated carbocycles. The van der Waals surface area contributed by atoms with Crippen molar-refractivity contribution in [2.75, 3.05) is 11.5 Å². The summed E-state index contributed by atoms with van der Waals surface area (Å²) in [4.78, 5) is 20.4. The van der Waals surface area contributed by atoms with Crippen LogP contribution >= 0.6 is 0 Å². The highest BCUT2D eigenvalue weighted by molar-refractivity contribution is 7.91. The predicted octanol–water partition coefficient (Wildman–Crippen LogP) is 0.900. The van der Waals surface area contributed by atoms with Crippen molar-refractivity contribution in [3.05, 3.63) is 40.6 Å². The standard InChI is InChI=1S/C16H21N5O3S/c22-16-17-7-3-8-20(16)10-14-18-15(12-4-1-2-5-12)19-21(14)13-6-9-25(23,24)11-13/h3,7-8,12-13H,1-2,4-6,9-11H2. The molecule has 0 radical (unpaired) electrons. The fourth-order valence-electron chi connectivity index (χ4n) is 3.76. The Bertz CT molecular complexity index is 927. The van der Waals surface area contributed by atoms with Crippen LogP contribution in [-0.4, -0.2) is 44.2 Å². The van der Waals surface area contributed by atoms with E-state index in [1.54, 1.807) is 16.9 Å². The van der Waals surface area contributed by atoms with Crippen molar-refractivity contribution in [3.63, 3.8) is 0 Å². The zero-order chi connectivity index (χ0) is 17.4. The molecule has 25 heavy (non-hydrogen) atoms. The number of aromatic nitrogens is 5. The molecule has 4 rings (SSSR count). The van der Waals surface area contributed by atoms with E-state index in [1.807, 2.05) is 0 Å².